The van der Waals surface area contributed by atoms with Crippen LogP contribution in [-0.2, 0) is 17.9 Å². The van der Waals surface area contributed by atoms with E-state index >= 15 is 0 Å². The number of amides is 1. The number of aryl methyl sites for hydroxylation is 1. The standard InChI is InChI=1S/C19H20N4O2S/c1-3-10-23-18(15-8-6-14(2)7-9-15)21-22-19(23)26-13-17(24)20-12-16-5-4-11-25-16/h3-9,11H,1,10,12-13H2,2H3,(H,20,24). The number of thioether (sulfide) groups is 1. The molecule has 6 nitrogen and oxygen atoms in total. The van der Waals surface area contributed by atoms with Crippen molar-refractivity contribution in [3.05, 3.63) is 66.6 Å². The lowest BCUT2D eigenvalue weighted by Gasteiger charge is -2.08. The van der Waals surface area contributed by atoms with E-state index in [0.717, 1.165) is 17.1 Å². The van der Waals surface area contributed by atoms with Crippen LogP contribution in [0.1, 0.15) is 11.3 Å². The Morgan fingerprint density at radius 3 is 2.81 bits per heavy atom. The number of nitrogens with one attached hydrogen (secondary N) is 1. The van der Waals surface area contributed by atoms with Crippen molar-refractivity contribution in [1.29, 1.82) is 0 Å². The third-order valence-corrected chi connectivity index (χ3v) is 4.68. The first kappa shape index (κ1) is 18.0. The van der Waals surface area contributed by atoms with Crippen molar-refractivity contribution in [2.75, 3.05) is 5.75 Å². The van der Waals surface area contributed by atoms with Crippen LogP contribution in [0.15, 0.2) is 64.9 Å². The second-order valence-electron chi connectivity index (χ2n) is 5.72. The number of benzene rings is 1. The molecule has 7 heteroatoms. The maximum atomic E-state index is 12.0. The molecule has 2 aromatic heterocycles. The van der Waals surface area contributed by atoms with Gasteiger partial charge in [0.15, 0.2) is 11.0 Å². The van der Waals surface area contributed by atoms with Crippen molar-refractivity contribution >= 4 is 17.7 Å². The highest BCUT2D eigenvalue weighted by Crippen LogP contribution is 2.24. The zero-order valence-electron chi connectivity index (χ0n) is 14.5. The van der Waals surface area contributed by atoms with Crippen LogP contribution in [-0.4, -0.2) is 26.4 Å². The zero-order chi connectivity index (χ0) is 18.4. The van der Waals surface area contributed by atoms with E-state index < -0.39 is 0 Å². The summed E-state index contributed by atoms with van der Waals surface area (Å²) in [5, 5.41) is 12.1. The molecule has 0 bridgehead atoms. The van der Waals surface area contributed by atoms with E-state index in [0.29, 0.717) is 18.2 Å². The molecule has 0 aliphatic heterocycles. The molecule has 3 aromatic rings. The highest BCUT2D eigenvalue weighted by Gasteiger charge is 2.15. The number of nitrogens with zero attached hydrogens (tertiary/aromatic N) is 3. The van der Waals surface area contributed by atoms with Gasteiger partial charge in [-0.25, -0.2) is 0 Å². The average molecular weight is 368 g/mol. The number of rotatable bonds is 8. The first-order valence-electron chi connectivity index (χ1n) is 8.20. The first-order valence-corrected chi connectivity index (χ1v) is 9.19. The number of allylic oxidation sites excluding steroid dienone is 1. The summed E-state index contributed by atoms with van der Waals surface area (Å²) in [6, 6.07) is 11.7. The summed E-state index contributed by atoms with van der Waals surface area (Å²) in [4.78, 5) is 12.0. The molecule has 0 unspecified atom stereocenters. The van der Waals surface area contributed by atoms with Crippen molar-refractivity contribution in [3.63, 3.8) is 0 Å². The summed E-state index contributed by atoms with van der Waals surface area (Å²) < 4.78 is 7.16. The summed E-state index contributed by atoms with van der Waals surface area (Å²) in [6.07, 6.45) is 3.38. The predicted octanol–water partition coefficient (Wildman–Crippen LogP) is 3.44. The van der Waals surface area contributed by atoms with Gasteiger partial charge in [0.05, 0.1) is 18.6 Å². The van der Waals surface area contributed by atoms with Crippen molar-refractivity contribution in [3.8, 4) is 11.4 Å². The van der Waals surface area contributed by atoms with Gasteiger partial charge in [-0.05, 0) is 19.1 Å². The van der Waals surface area contributed by atoms with Crippen molar-refractivity contribution in [2.24, 2.45) is 0 Å². The molecular weight excluding hydrogens is 348 g/mol. The molecule has 0 aliphatic rings. The summed E-state index contributed by atoms with van der Waals surface area (Å²) >= 11 is 1.35. The van der Waals surface area contributed by atoms with Gasteiger partial charge in [-0.15, -0.1) is 16.8 Å². The molecule has 1 N–H and O–H groups in total. The number of hydrogen-bond donors (Lipinski definition) is 1. The molecule has 0 saturated carbocycles. The lowest BCUT2D eigenvalue weighted by molar-refractivity contribution is -0.118. The van der Waals surface area contributed by atoms with Crippen molar-refractivity contribution in [2.45, 2.75) is 25.2 Å². The minimum Gasteiger partial charge on any atom is -0.467 e. The van der Waals surface area contributed by atoms with Crippen LogP contribution >= 0.6 is 11.8 Å². The molecule has 0 saturated heterocycles. The minimum atomic E-state index is -0.0866. The quantitative estimate of drug-likeness (QED) is 0.487. The second-order valence-corrected chi connectivity index (χ2v) is 6.66. The van der Waals surface area contributed by atoms with Gasteiger partial charge in [0.1, 0.15) is 5.76 Å². The van der Waals surface area contributed by atoms with Crippen molar-refractivity contribution in [1.82, 2.24) is 20.1 Å². The zero-order valence-corrected chi connectivity index (χ0v) is 15.3. The summed E-state index contributed by atoms with van der Waals surface area (Å²) in [7, 11) is 0. The average Bonchev–Trinajstić information content (AvgIpc) is 3.29. The van der Waals surface area contributed by atoms with Crippen LogP contribution in [0.4, 0.5) is 0 Å². The summed E-state index contributed by atoms with van der Waals surface area (Å²) in [5.41, 5.74) is 2.17. The Labute approximate surface area is 156 Å². The van der Waals surface area contributed by atoms with E-state index in [1.165, 1.54) is 17.3 Å². The van der Waals surface area contributed by atoms with E-state index in [2.05, 4.69) is 22.1 Å². The monoisotopic (exact) mass is 368 g/mol. The highest BCUT2D eigenvalue weighted by atomic mass is 32.2. The van der Waals surface area contributed by atoms with Crippen LogP contribution in [0.3, 0.4) is 0 Å². The molecule has 0 radical (unpaired) electrons. The molecule has 0 fully saturated rings. The summed E-state index contributed by atoms with van der Waals surface area (Å²) in [6.45, 7) is 6.80. The van der Waals surface area contributed by atoms with E-state index in [9.17, 15) is 4.79 Å². The molecule has 26 heavy (non-hydrogen) atoms. The van der Waals surface area contributed by atoms with Crippen LogP contribution in [0.5, 0.6) is 0 Å². The largest absolute Gasteiger partial charge is 0.467 e. The number of carbonyl (C=O) groups excluding carboxylic acids is 1. The first-order chi connectivity index (χ1) is 12.7. The third-order valence-electron chi connectivity index (χ3n) is 3.71. The van der Waals surface area contributed by atoms with Gasteiger partial charge < -0.3 is 9.73 Å². The van der Waals surface area contributed by atoms with Crippen LogP contribution in [0.25, 0.3) is 11.4 Å². The molecular formula is C19H20N4O2S. The summed E-state index contributed by atoms with van der Waals surface area (Å²) in [5.74, 6) is 1.66. The molecule has 1 aromatic carbocycles. The smallest absolute Gasteiger partial charge is 0.230 e. The van der Waals surface area contributed by atoms with Gasteiger partial charge in [0.2, 0.25) is 5.91 Å². The minimum absolute atomic E-state index is 0.0866. The molecule has 0 atom stereocenters. The van der Waals surface area contributed by atoms with Gasteiger partial charge in [0.25, 0.3) is 0 Å². The number of furan rings is 1. The van der Waals surface area contributed by atoms with Gasteiger partial charge in [-0.2, -0.15) is 0 Å². The fourth-order valence-electron chi connectivity index (χ4n) is 2.39. The maximum absolute atomic E-state index is 12.0. The van der Waals surface area contributed by atoms with Gasteiger partial charge in [-0.1, -0.05) is 47.7 Å². The Hall–Kier alpha value is -2.80. The highest BCUT2D eigenvalue weighted by molar-refractivity contribution is 7.99. The number of aromatic nitrogens is 3. The van der Waals surface area contributed by atoms with Gasteiger partial charge >= 0.3 is 0 Å². The molecule has 3 rings (SSSR count). The molecule has 0 aliphatic carbocycles. The second kappa shape index (κ2) is 8.53. The van der Waals surface area contributed by atoms with Crippen LogP contribution in [0, 0.1) is 6.92 Å². The van der Waals surface area contributed by atoms with Gasteiger partial charge in [-0.3, -0.25) is 9.36 Å². The maximum Gasteiger partial charge on any atom is 0.230 e. The fraction of sp³-hybridized carbons (Fsp3) is 0.211. The number of hydrogen-bond acceptors (Lipinski definition) is 5. The predicted molar refractivity (Wildman–Crippen MR) is 102 cm³/mol. The lowest BCUT2D eigenvalue weighted by Crippen LogP contribution is -2.24. The SMILES string of the molecule is C=CCn1c(SCC(=O)NCc2ccco2)nnc1-c1ccc(C)cc1. The van der Waals surface area contributed by atoms with E-state index in [1.807, 2.05) is 41.8 Å². The van der Waals surface area contributed by atoms with Crippen LogP contribution < -0.4 is 5.32 Å². The molecule has 1 amide bonds. The Balaban J connectivity index is 1.66. The van der Waals surface area contributed by atoms with Crippen molar-refractivity contribution < 1.29 is 9.21 Å². The number of carbonyl (C=O) groups is 1. The Bertz CT molecular complexity index is 870. The normalized spacial score (nSPS) is 10.7. The van der Waals surface area contributed by atoms with Gasteiger partial charge in [0, 0.05) is 12.1 Å². The molecule has 134 valence electrons. The van der Waals surface area contributed by atoms with E-state index in [4.69, 9.17) is 4.42 Å². The molecule has 0 spiro atoms. The third kappa shape index (κ3) is 4.43. The topological polar surface area (TPSA) is 73.0 Å². The Morgan fingerprint density at radius 1 is 1.31 bits per heavy atom. The Kier molecular flexibility index (Phi) is 5.91. The Morgan fingerprint density at radius 2 is 2.12 bits per heavy atom. The van der Waals surface area contributed by atoms with E-state index in [-0.39, 0.29) is 11.7 Å². The lowest BCUT2D eigenvalue weighted by atomic mass is 10.1. The fourth-order valence-corrected chi connectivity index (χ4v) is 3.16. The van der Waals surface area contributed by atoms with E-state index in [1.54, 1.807) is 18.4 Å². The molecule has 2 heterocycles. The van der Waals surface area contributed by atoms with Crippen LogP contribution in [0.2, 0.25) is 0 Å².